The van der Waals surface area contributed by atoms with E-state index in [9.17, 15) is 19.8 Å². The van der Waals surface area contributed by atoms with Gasteiger partial charge in [0.05, 0.1) is 11.9 Å². The van der Waals surface area contributed by atoms with E-state index in [2.05, 4.69) is 4.74 Å². The molecule has 0 aliphatic heterocycles. The number of hydrogen-bond acceptors (Lipinski definition) is 5. The Balaban J connectivity index is 3.99. The molecule has 0 aromatic rings. The molecule has 0 heterocycles. The van der Waals surface area contributed by atoms with Crippen molar-refractivity contribution in [1.29, 1.82) is 0 Å². The van der Waals surface area contributed by atoms with Crippen LogP contribution in [0.25, 0.3) is 0 Å². The summed E-state index contributed by atoms with van der Waals surface area (Å²) < 4.78 is 3.95. The molecule has 0 N–H and O–H groups in total. The molecule has 0 saturated heterocycles. The Morgan fingerprint density at radius 3 is 1.67 bits per heavy atom. The van der Waals surface area contributed by atoms with Crippen molar-refractivity contribution in [3.05, 3.63) is 0 Å². The molecule has 5 heteroatoms. The summed E-state index contributed by atoms with van der Waals surface area (Å²) in [5.41, 5.74) is 0. The SMILES string of the molecule is COC(C(=O)[O-])C(=O)[O-]. The molecule has 5 nitrogen and oxygen atoms in total. The fraction of sp³-hybridized carbons (Fsp3) is 0.500. The molecule has 0 aromatic heterocycles. The average molecular weight is 132 g/mol. The lowest BCUT2D eigenvalue weighted by Gasteiger charge is -2.15. The average Bonchev–Trinajstić information content (AvgIpc) is 1.64. The zero-order valence-corrected chi connectivity index (χ0v) is 4.62. The normalized spacial score (nSPS) is 9.56. The van der Waals surface area contributed by atoms with E-state index >= 15 is 0 Å². The topological polar surface area (TPSA) is 89.5 Å². The Morgan fingerprint density at radius 1 is 1.33 bits per heavy atom. The largest absolute Gasteiger partial charge is 0.547 e. The van der Waals surface area contributed by atoms with E-state index < -0.39 is 18.0 Å². The van der Waals surface area contributed by atoms with Gasteiger partial charge >= 0.3 is 0 Å². The summed E-state index contributed by atoms with van der Waals surface area (Å²) >= 11 is 0. The monoisotopic (exact) mass is 132 g/mol. The van der Waals surface area contributed by atoms with Crippen LogP contribution in [0.1, 0.15) is 0 Å². The summed E-state index contributed by atoms with van der Waals surface area (Å²) in [7, 11) is 0.941. The van der Waals surface area contributed by atoms with Crippen molar-refractivity contribution < 1.29 is 24.5 Å². The Bertz CT molecular complexity index is 115. The molecule has 0 rings (SSSR count). The molecule has 0 aliphatic carbocycles. The molecule has 0 spiro atoms. The molecule has 0 radical (unpaired) electrons. The zero-order chi connectivity index (χ0) is 7.44. The minimum Gasteiger partial charge on any atom is -0.547 e. The van der Waals surface area contributed by atoms with E-state index in [1.54, 1.807) is 0 Å². The van der Waals surface area contributed by atoms with Gasteiger partial charge in [0.2, 0.25) is 0 Å². The molecule has 52 valence electrons. The van der Waals surface area contributed by atoms with Gasteiger partial charge in [-0.1, -0.05) is 0 Å². The lowest BCUT2D eigenvalue weighted by atomic mass is 10.4. The predicted molar refractivity (Wildman–Crippen MR) is 20.8 cm³/mol. The number of aliphatic carboxylic acids is 2. The zero-order valence-electron chi connectivity index (χ0n) is 4.62. The lowest BCUT2D eigenvalue weighted by Crippen LogP contribution is -2.48. The van der Waals surface area contributed by atoms with Gasteiger partial charge in [0.15, 0.2) is 0 Å². The maximum absolute atomic E-state index is 9.72. The number of carboxylic acid groups (broad SMARTS) is 2. The minimum atomic E-state index is -1.97. The first-order valence-corrected chi connectivity index (χ1v) is 2.04. The third-order valence-corrected chi connectivity index (χ3v) is 0.664. The molecule has 0 bridgehead atoms. The van der Waals surface area contributed by atoms with Gasteiger partial charge < -0.3 is 24.5 Å². The van der Waals surface area contributed by atoms with E-state index in [0.717, 1.165) is 7.11 Å². The fourth-order valence-electron chi connectivity index (χ4n) is 0.289. The van der Waals surface area contributed by atoms with E-state index in [0.29, 0.717) is 0 Å². The number of ether oxygens (including phenoxy) is 1. The number of carbonyl (C=O) groups is 2. The van der Waals surface area contributed by atoms with Gasteiger partial charge in [0, 0.05) is 7.11 Å². The predicted octanol–water partition coefficient (Wildman–Crippen LogP) is -3.50. The number of methoxy groups -OCH3 is 1. The summed E-state index contributed by atoms with van der Waals surface area (Å²) in [6, 6.07) is 0. The van der Waals surface area contributed by atoms with Gasteiger partial charge in [-0.25, -0.2) is 0 Å². The molecular weight excluding hydrogens is 128 g/mol. The van der Waals surface area contributed by atoms with Gasteiger partial charge in [-0.2, -0.15) is 0 Å². The molecule has 0 atom stereocenters. The van der Waals surface area contributed by atoms with Crippen LogP contribution in [0.4, 0.5) is 0 Å². The second-order valence-corrected chi connectivity index (χ2v) is 1.25. The molecular formula is C4H4O5-2. The van der Waals surface area contributed by atoms with Crippen molar-refractivity contribution in [2.45, 2.75) is 6.10 Å². The van der Waals surface area contributed by atoms with Crippen LogP contribution in [0.15, 0.2) is 0 Å². The van der Waals surface area contributed by atoms with Crippen LogP contribution >= 0.6 is 0 Å². The Hall–Kier alpha value is -1.10. The van der Waals surface area contributed by atoms with Crippen LogP contribution in [0, 0.1) is 0 Å². The highest BCUT2D eigenvalue weighted by Crippen LogP contribution is 1.82. The number of carboxylic acids is 2. The highest BCUT2D eigenvalue weighted by Gasteiger charge is 2.07. The molecule has 0 aliphatic rings. The summed E-state index contributed by atoms with van der Waals surface area (Å²) in [6.45, 7) is 0. The first-order chi connectivity index (χ1) is 4.09. The summed E-state index contributed by atoms with van der Waals surface area (Å²) in [5, 5.41) is 19.4. The maximum atomic E-state index is 9.72. The number of rotatable bonds is 3. The van der Waals surface area contributed by atoms with Gasteiger partial charge in [-0.05, 0) is 0 Å². The minimum absolute atomic E-state index is 0.941. The lowest BCUT2D eigenvalue weighted by molar-refractivity contribution is -0.337. The van der Waals surface area contributed by atoms with E-state index in [1.165, 1.54) is 0 Å². The summed E-state index contributed by atoms with van der Waals surface area (Å²) in [6.07, 6.45) is -1.97. The quantitative estimate of drug-likeness (QED) is 0.371. The van der Waals surface area contributed by atoms with Gasteiger partial charge in [-0.15, -0.1) is 0 Å². The standard InChI is InChI=1S/C4H6O5/c1-9-2(3(5)6)4(7)8/h2H,1H3,(H,5,6)(H,7,8)/p-2. The van der Waals surface area contributed by atoms with Gasteiger partial charge in [0.25, 0.3) is 0 Å². The van der Waals surface area contributed by atoms with Crippen molar-refractivity contribution in [2.75, 3.05) is 7.11 Å². The van der Waals surface area contributed by atoms with Crippen molar-refractivity contribution in [3.8, 4) is 0 Å². The maximum Gasteiger partial charge on any atom is 0.136 e. The van der Waals surface area contributed by atoms with E-state index in [-0.39, 0.29) is 0 Å². The Labute approximate surface area is 50.9 Å². The van der Waals surface area contributed by atoms with Crippen molar-refractivity contribution in [1.82, 2.24) is 0 Å². The molecule has 0 unspecified atom stereocenters. The highest BCUT2D eigenvalue weighted by atomic mass is 16.5. The molecule has 0 aromatic carbocycles. The van der Waals surface area contributed by atoms with Crippen LogP contribution in [-0.4, -0.2) is 25.2 Å². The van der Waals surface area contributed by atoms with E-state index in [4.69, 9.17) is 0 Å². The third kappa shape index (κ3) is 2.09. The first-order valence-electron chi connectivity index (χ1n) is 2.04. The molecule has 0 fully saturated rings. The van der Waals surface area contributed by atoms with Crippen molar-refractivity contribution in [2.24, 2.45) is 0 Å². The Morgan fingerprint density at radius 2 is 1.67 bits per heavy atom. The van der Waals surface area contributed by atoms with Crippen LogP contribution in [0.5, 0.6) is 0 Å². The number of carbonyl (C=O) groups excluding carboxylic acids is 2. The van der Waals surface area contributed by atoms with E-state index in [1.807, 2.05) is 0 Å². The van der Waals surface area contributed by atoms with Crippen molar-refractivity contribution in [3.63, 3.8) is 0 Å². The third-order valence-electron chi connectivity index (χ3n) is 0.664. The highest BCUT2D eigenvalue weighted by molar-refractivity contribution is 5.93. The smallest absolute Gasteiger partial charge is 0.136 e. The summed E-state index contributed by atoms with van der Waals surface area (Å²) in [4.78, 5) is 19.4. The van der Waals surface area contributed by atoms with Gasteiger partial charge in [-0.3, -0.25) is 0 Å². The second kappa shape index (κ2) is 3.03. The number of hydrogen-bond donors (Lipinski definition) is 0. The van der Waals surface area contributed by atoms with Crippen LogP contribution < -0.4 is 10.2 Å². The molecule has 9 heavy (non-hydrogen) atoms. The molecule has 0 saturated carbocycles. The second-order valence-electron chi connectivity index (χ2n) is 1.25. The van der Waals surface area contributed by atoms with Crippen LogP contribution in [-0.2, 0) is 14.3 Å². The first kappa shape index (κ1) is 7.90. The summed E-state index contributed by atoms with van der Waals surface area (Å²) in [5.74, 6) is -3.62. The fourth-order valence-corrected chi connectivity index (χ4v) is 0.289. The molecule has 0 amide bonds. The van der Waals surface area contributed by atoms with Crippen LogP contribution in [0.2, 0.25) is 0 Å². The van der Waals surface area contributed by atoms with Gasteiger partial charge in [0.1, 0.15) is 6.10 Å². The Kier molecular flexibility index (Phi) is 2.66. The van der Waals surface area contributed by atoms with Crippen molar-refractivity contribution >= 4 is 11.9 Å². The van der Waals surface area contributed by atoms with Crippen LogP contribution in [0.3, 0.4) is 0 Å².